The van der Waals surface area contributed by atoms with Gasteiger partial charge in [0, 0.05) is 0 Å². The molecule has 1 heterocycles. The molecule has 0 fully saturated rings. The lowest BCUT2D eigenvalue weighted by molar-refractivity contribution is -0.827. The third-order valence-electron chi connectivity index (χ3n) is 0.775. The molecule has 0 atom stereocenters. The second-order valence-corrected chi connectivity index (χ2v) is 2.55. The third kappa shape index (κ3) is 1.63. The zero-order valence-electron chi connectivity index (χ0n) is 5.00. The van der Waals surface area contributed by atoms with Gasteiger partial charge in [0.1, 0.15) is 6.20 Å². The zero-order valence-corrected chi connectivity index (χ0v) is 5.81. The number of thiazole rings is 1. The molecule has 0 spiro atoms. The van der Waals surface area contributed by atoms with Crippen LogP contribution in [0.3, 0.4) is 0 Å². The van der Waals surface area contributed by atoms with E-state index in [-0.39, 0.29) is 0 Å². The van der Waals surface area contributed by atoms with Crippen molar-refractivity contribution in [1.29, 1.82) is 0 Å². The molecule has 1 aromatic heterocycles. The minimum Gasteiger partial charge on any atom is -0.375 e. The Kier molecular flexibility index (Phi) is 1.99. The second-order valence-electron chi connectivity index (χ2n) is 1.45. The molecule has 0 amide bonds. The smallest absolute Gasteiger partial charge is 0.239 e. The molecule has 9 heavy (non-hydrogen) atoms. The largest absolute Gasteiger partial charge is 0.375 e. The van der Waals surface area contributed by atoms with Crippen LogP contribution in [-0.2, 0) is 4.84 Å². The molecule has 0 bridgehead atoms. The summed E-state index contributed by atoms with van der Waals surface area (Å²) >= 11 is 1.40. The summed E-state index contributed by atoms with van der Waals surface area (Å²) in [5, 5.41) is 1.51. The van der Waals surface area contributed by atoms with Gasteiger partial charge < -0.3 is 5.73 Å². The lowest BCUT2D eigenvalue weighted by atomic mass is 10.9. The van der Waals surface area contributed by atoms with Gasteiger partial charge in [-0.3, -0.25) is 0 Å². The lowest BCUT2D eigenvalue weighted by Crippen LogP contribution is -2.75. The molecule has 1 aromatic rings. The van der Waals surface area contributed by atoms with E-state index in [2.05, 4.69) is 4.98 Å². The van der Waals surface area contributed by atoms with Gasteiger partial charge in [0.05, 0.1) is 7.11 Å². The molecule has 50 valence electrons. The average molecular weight is 146 g/mol. The van der Waals surface area contributed by atoms with Gasteiger partial charge >= 0.3 is 0 Å². The first-order chi connectivity index (χ1) is 4.33. The van der Waals surface area contributed by atoms with Gasteiger partial charge in [0.25, 0.3) is 0 Å². The van der Waals surface area contributed by atoms with Crippen LogP contribution < -0.4 is 11.2 Å². The van der Waals surface area contributed by atoms with E-state index < -0.39 is 0 Å². The zero-order chi connectivity index (χ0) is 6.69. The maximum absolute atomic E-state index is 5.34. The number of nitrogens with two attached hydrogens (primary N) is 2. The van der Waals surface area contributed by atoms with Crippen molar-refractivity contribution in [1.82, 2.24) is 4.98 Å². The summed E-state index contributed by atoms with van der Waals surface area (Å²) in [7, 11) is 1.59. The van der Waals surface area contributed by atoms with E-state index >= 15 is 0 Å². The molecule has 0 radical (unpaired) electrons. The molecule has 0 aromatic carbocycles. The number of hydrogen-bond acceptors (Lipinski definition) is 4. The first-order valence-corrected chi connectivity index (χ1v) is 3.22. The first-order valence-electron chi connectivity index (χ1n) is 2.40. The van der Waals surface area contributed by atoms with E-state index in [0.717, 1.165) is 5.00 Å². The SMILES string of the molecule is CO[NH2+]c1cnc(N)s1. The van der Waals surface area contributed by atoms with Crippen LogP contribution in [0.4, 0.5) is 10.1 Å². The average Bonchev–Trinajstić information content (AvgIpc) is 2.17. The minimum absolute atomic E-state index is 0.568. The van der Waals surface area contributed by atoms with Crippen molar-refractivity contribution < 1.29 is 10.3 Å². The van der Waals surface area contributed by atoms with Gasteiger partial charge in [-0.15, -0.1) is 0 Å². The van der Waals surface area contributed by atoms with Gasteiger partial charge in [-0.05, 0) is 11.3 Å². The van der Waals surface area contributed by atoms with Crippen molar-refractivity contribution in [2.45, 2.75) is 0 Å². The van der Waals surface area contributed by atoms with Crippen LogP contribution >= 0.6 is 11.3 Å². The highest BCUT2D eigenvalue weighted by molar-refractivity contribution is 7.18. The highest BCUT2D eigenvalue weighted by atomic mass is 32.1. The number of hydrogen-bond donors (Lipinski definition) is 2. The van der Waals surface area contributed by atoms with Crippen molar-refractivity contribution >= 4 is 21.5 Å². The fourth-order valence-electron chi connectivity index (χ4n) is 0.471. The molecular formula is C4H8N3OS+. The maximum atomic E-state index is 5.34. The number of anilines is 1. The highest BCUT2D eigenvalue weighted by Gasteiger charge is 1.99. The quantitative estimate of drug-likeness (QED) is 0.552. The third-order valence-corrected chi connectivity index (χ3v) is 1.53. The summed E-state index contributed by atoms with van der Waals surface area (Å²) in [6.07, 6.45) is 1.67. The van der Waals surface area contributed by atoms with Crippen LogP contribution in [0.5, 0.6) is 0 Å². The number of rotatable bonds is 2. The Hall–Kier alpha value is -0.650. The van der Waals surface area contributed by atoms with E-state index in [1.54, 1.807) is 18.8 Å². The van der Waals surface area contributed by atoms with E-state index in [0.29, 0.717) is 5.13 Å². The number of quaternary nitrogens is 1. The van der Waals surface area contributed by atoms with Crippen molar-refractivity contribution in [2.24, 2.45) is 0 Å². The lowest BCUT2D eigenvalue weighted by Gasteiger charge is -1.85. The van der Waals surface area contributed by atoms with E-state index in [1.807, 2.05) is 0 Å². The number of aromatic nitrogens is 1. The number of nitrogens with zero attached hydrogens (tertiary/aromatic N) is 1. The van der Waals surface area contributed by atoms with Gasteiger partial charge in [-0.25, -0.2) is 9.82 Å². The summed E-state index contributed by atoms with van der Waals surface area (Å²) in [6, 6.07) is 0. The van der Waals surface area contributed by atoms with Gasteiger partial charge in [-0.2, -0.15) is 5.48 Å². The highest BCUT2D eigenvalue weighted by Crippen LogP contribution is 2.13. The molecule has 0 saturated heterocycles. The molecule has 0 unspecified atom stereocenters. The molecule has 0 aliphatic heterocycles. The van der Waals surface area contributed by atoms with Crippen molar-refractivity contribution in [3.8, 4) is 0 Å². The maximum Gasteiger partial charge on any atom is 0.239 e. The fraction of sp³-hybridized carbons (Fsp3) is 0.250. The van der Waals surface area contributed by atoms with E-state index in [9.17, 15) is 0 Å². The molecular weight excluding hydrogens is 138 g/mol. The molecule has 4 nitrogen and oxygen atoms in total. The van der Waals surface area contributed by atoms with Gasteiger partial charge in [0.15, 0.2) is 5.13 Å². The van der Waals surface area contributed by atoms with Crippen LogP contribution in [0.25, 0.3) is 0 Å². The minimum atomic E-state index is 0.568. The predicted molar refractivity (Wildman–Crippen MR) is 35.1 cm³/mol. The van der Waals surface area contributed by atoms with Crippen LogP contribution in [-0.4, -0.2) is 12.1 Å². The molecule has 0 aliphatic carbocycles. The van der Waals surface area contributed by atoms with Crippen molar-refractivity contribution in [3.63, 3.8) is 0 Å². The second kappa shape index (κ2) is 2.77. The first kappa shape index (κ1) is 6.47. The summed E-state index contributed by atoms with van der Waals surface area (Å²) in [5.74, 6) is 0. The Labute approximate surface area is 56.6 Å². The molecule has 0 saturated carbocycles. The Bertz CT molecular complexity index is 188. The summed E-state index contributed by atoms with van der Waals surface area (Å²) in [6.45, 7) is 0. The Morgan fingerprint density at radius 2 is 2.67 bits per heavy atom. The van der Waals surface area contributed by atoms with Crippen LogP contribution in [0.15, 0.2) is 6.20 Å². The monoisotopic (exact) mass is 146 g/mol. The van der Waals surface area contributed by atoms with Crippen LogP contribution in [0.2, 0.25) is 0 Å². The van der Waals surface area contributed by atoms with E-state index in [1.165, 1.54) is 11.3 Å². The molecule has 4 N–H and O–H groups in total. The van der Waals surface area contributed by atoms with Gasteiger partial charge in [0.2, 0.25) is 5.00 Å². The van der Waals surface area contributed by atoms with Crippen molar-refractivity contribution in [2.75, 3.05) is 12.8 Å². The van der Waals surface area contributed by atoms with Gasteiger partial charge in [-0.1, -0.05) is 0 Å². The van der Waals surface area contributed by atoms with Crippen LogP contribution in [0, 0.1) is 0 Å². The molecule has 1 rings (SSSR count). The topological polar surface area (TPSA) is 64.8 Å². The Balaban J connectivity index is 2.61. The fourth-order valence-corrected chi connectivity index (χ4v) is 1.07. The standard InChI is InChI=1S/C4H7N3OS/c1-8-7-3-2-6-4(5)9-3/h2,7H,1H3,(H2,5,6)/p+1. The molecule has 5 heteroatoms. The van der Waals surface area contributed by atoms with Crippen LogP contribution in [0.1, 0.15) is 0 Å². The normalized spacial score (nSPS) is 9.89. The van der Waals surface area contributed by atoms with Crippen molar-refractivity contribution in [3.05, 3.63) is 6.20 Å². The molecule has 0 aliphatic rings. The summed E-state index contributed by atoms with van der Waals surface area (Å²) in [5.41, 5.74) is 6.95. The Morgan fingerprint density at radius 1 is 1.89 bits per heavy atom. The Morgan fingerprint density at radius 3 is 3.11 bits per heavy atom. The number of nitrogen functional groups attached to an aromatic ring is 1. The summed E-state index contributed by atoms with van der Waals surface area (Å²) in [4.78, 5) is 8.55. The van der Waals surface area contributed by atoms with E-state index in [4.69, 9.17) is 10.6 Å². The predicted octanol–water partition coefficient (Wildman–Crippen LogP) is -0.518. The summed E-state index contributed by atoms with van der Waals surface area (Å²) < 4.78 is 0.